The predicted octanol–water partition coefficient (Wildman–Crippen LogP) is 3.67. The fourth-order valence-corrected chi connectivity index (χ4v) is 2.26. The maximum Gasteiger partial charge on any atom is 0.223 e. The number of benzene rings is 2. The van der Waals surface area contributed by atoms with Crippen LogP contribution in [0.5, 0.6) is 5.75 Å². The lowest BCUT2D eigenvalue weighted by Crippen LogP contribution is -2.27. The van der Waals surface area contributed by atoms with Gasteiger partial charge in [0.2, 0.25) is 5.91 Å². The van der Waals surface area contributed by atoms with Gasteiger partial charge in [-0.05, 0) is 55.3 Å². The minimum Gasteiger partial charge on any atom is -0.493 e. The van der Waals surface area contributed by atoms with Crippen LogP contribution in [0.4, 0.5) is 0 Å². The molecule has 1 amide bonds. The number of amides is 1. The van der Waals surface area contributed by atoms with Crippen LogP contribution in [0, 0.1) is 0 Å². The van der Waals surface area contributed by atoms with Gasteiger partial charge in [0.1, 0.15) is 5.75 Å². The molecule has 0 aliphatic heterocycles. The lowest BCUT2D eigenvalue weighted by Gasteiger charge is -2.08. The Balaban J connectivity index is 1.64. The van der Waals surface area contributed by atoms with Gasteiger partial charge in [0.25, 0.3) is 0 Å². The van der Waals surface area contributed by atoms with Gasteiger partial charge in [0.05, 0.1) is 13.0 Å². The van der Waals surface area contributed by atoms with E-state index in [4.69, 9.17) is 16.3 Å². The Bertz CT molecular complexity index is 681. The van der Waals surface area contributed by atoms with Crippen molar-refractivity contribution < 1.29 is 14.3 Å². The summed E-state index contributed by atoms with van der Waals surface area (Å²) in [6, 6.07) is 14.5. The van der Waals surface area contributed by atoms with E-state index >= 15 is 0 Å². The molecular formula is C19H20ClNO3. The van der Waals surface area contributed by atoms with Gasteiger partial charge in [-0.2, -0.15) is 0 Å². The van der Waals surface area contributed by atoms with E-state index in [1.54, 1.807) is 24.3 Å². The van der Waals surface area contributed by atoms with Crippen molar-refractivity contribution in [1.29, 1.82) is 0 Å². The molecule has 2 rings (SSSR count). The number of ether oxygens (including phenoxy) is 1. The first-order valence-corrected chi connectivity index (χ1v) is 8.17. The van der Waals surface area contributed by atoms with E-state index in [9.17, 15) is 9.59 Å². The molecule has 0 bridgehead atoms. The largest absolute Gasteiger partial charge is 0.493 e. The van der Waals surface area contributed by atoms with Gasteiger partial charge in [-0.25, -0.2) is 0 Å². The first-order valence-electron chi connectivity index (χ1n) is 7.79. The molecule has 2 aromatic carbocycles. The van der Waals surface area contributed by atoms with Crippen molar-refractivity contribution in [3.05, 3.63) is 64.7 Å². The smallest absolute Gasteiger partial charge is 0.223 e. The number of hydrogen-bond acceptors (Lipinski definition) is 3. The second-order valence-corrected chi connectivity index (χ2v) is 5.84. The topological polar surface area (TPSA) is 55.4 Å². The molecule has 0 saturated heterocycles. The fraction of sp³-hybridized carbons (Fsp3) is 0.263. The van der Waals surface area contributed by atoms with Crippen LogP contribution in [-0.2, 0) is 11.2 Å². The SMILES string of the molecule is CC(=O)c1ccc(OCCC(=O)NCCc2ccc(Cl)cc2)cc1. The number of hydrogen-bond donors (Lipinski definition) is 1. The van der Waals surface area contributed by atoms with Crippen molar-refractivity contribution in [2.24, 2.45) is 0 Å². The fourth-order valence-electron chi connectivity index (χ4n) is 2.13. The summed E-state index contributed by atoms with van der Waals surface area (Å²) in [5.74, 6) is 0.611. The third-order valence-electron chi connectivity index (χ3n) is 3.51. The van der Waals surface area contributed by atoms with Gasteiger partial charge in [-0.1, -0.05) is 23.7 Å². The van der Waals surface area contributed by atoms with Crippen molar-refractivity contribution in [2.75, 3.05) is 13.2 Å². The molecule has 5 heteroatoms. The normalized spacial score (nSPS) is 10.2. The second kappa shape index (κ2) is 9.08. The molecule has 4 nitrogen and oxygen atoms in total. The van der Waals surface area contributed by atoms with Crippen LogP contribution in [0.25, 0.3) is 0 Å². The van der Waals surface area contributed by atoms with Crippen molar-refractivity contribution in [2.45, 2.75) is 19.8 Å². The third-order valence-corrected chi connectivity index (χ3v) is 3.76. The molecule has 0 spiro atoms. The average Bonchev–Trinajstić information content (AvgIpc) is 2.57. The standard InChI is InChI=1S/C19H20ClNO3/c1-14(22)16-4-8-18(9-5-16)24-13-11-19(23)21-12-10-15-2-6-17(20)7-3-15/h2-9H,10-13H2,1H3,(H,21,23). The van der Waals surface area contributed by atoms with Crippen LogP contribution in [0.2, 0.25) is 5.02 Å². The Kier molecular flexibility index (Phi) is 6.82. The molecular weight excluding hydrogens is 326 g/mol. The van der Waals surface area contributed by atoms with Crippen LogP contribution in [0.3, 0.4) is 0 Å². The van der Waals surface area contributed by atoms with E-state index in [2.05, 4.69) is 5.32 Å². The van der Waals surface area contributed by atoms with E-state index in [1.807, 2.05) is 24.3 Å². The Morgan fingerprint density at radius 1 is 1.04 bits per heavy atom. The average molecular weight is 346 g/mol. The molecule has 0 aromatic heterocycles. The number of halogens is 1. The highest BCUT2D eigenvalue weighted by atomic mass is 35.5. The summed E-state index contributed by atoms with van der Waals surface area (Å²) in [7, 11) is 0. The summed E-state index contributed by atoms with van der Waals surface area (Å²) in [5, 5.41) is 3.56. The summed E-state index contributed by atoms with van der Waals surface area (Å²) in [6.07, 6.45) is 1.05. The maximum atomic E-state index is 11.8. The minimum absolute atomic E-state index is 0.0154. The number of carbonyl (C=O) groups excluding carboxylic acids is 2. The number of nitrogens with one attached hydrogen (secondary N) is 1. The van der Waals surface area contributed by atoms with Crippen molar-refractivity contribution in [3.63, 3.8) is 0 Å². The molecule has 0 atom stereocenters. The molecule has 1 N–H and O–H groups in total. The lowest BCUT2D eigenvalue weighted by atomic mass is 10.1. The highest BCUT2D eigenvalue weighted by molar-refractivity contribution is 6.30. The second-order valence-electron chi connectivity index (χ2n) is 5.41. The van der Waals surface area contributed by atoms with Crippen LogP contribution < -0.4 is 10.1 Å². The minimum atomic E-state index is -0.0516. The Morgan fingerprint density at radius 3 is 2.33 bits per heavy atom. The zero-order valence-electron chi connectivity index (χ0n) is 13.5. The highest BCUT2D eigenvalue weighted by Crippen LogP contribution is 2.13. The van der Waals surface area contributed by atoms with Crippen molar-refractivity contribution in [3.8, 4) is 5.75 Å². The molecule has 0 radical (unpaired) electrons. The monoisotopic (exact) mass is 345 g/mol. The van der Waals surface area contributed by atoms with E-state index < -0.39 is 0 Å². The number of ketones is 1. The van der Waals surface area contributed by atoms with Crippen molar-refractivity contribution in [1.82, 2.24) is 5.32 Å². The molecule has 0 heterocycles. The summed E-state index contributed by atoms with van der Waals surface area (Å²) in [6.45, 7) is 2.39. The number of carbonyl (C=O) groups is 2. The molecule has 126 valence electrons. The van der Waals surface area contributed by atoms with E-state index in [1.165, 1.54) is 6.92 Å². The summed E-state index contributed by atoms with van der Waals surface area (Å²) < 4.78 is 5.50. The van der Waals surface area contributed by atoms with Crippen LogP contribution in [-0.4, -0.2) is 24.8 Å². The van der Waals surface area contributed by atoms with Crippen LogP contribution in [0.1, 0.15) is 29.3 Å². The molecule has 0 fully saturated rings. The van der Waals surface area contributed by atoms with Gasteiger partial charge in [-0.3, -0.25) is 9.59 Å². The lowest BCUT2D eigenvalue weighted by molar-refractivity contribution is -0.121. The van der Waals surface area contributed by atoms with Gasteiger partial charge in [0.15, 0.2) is 5.78 Å². The number of Topliss-reactive ketones (excluding diaryl/α,β-unsaturated/α-hetero) is 1. The van der Waals surface area contributed by atoms with Crippen LogP contribution >= 0.6 is 11.6 Å². The summed E-state index contributed by atoms with van der Waals surface area (Å²) in [5.41, 5.74) is 1.77. The maximum absolute atomic E-state index is 11.8. The number of rotatable bonds is 8. The highest BCUT2D eigenvalue weighted by Gasteiger charge is 2.03. The van der Waals surface area contributed by atoms with Gasteiger partial charge in [0, 0.05) is 17.1 Å². The zero-order chi connectivity index (χ0) is 17.4. The molecule has 0 saturated carbocycles. The Labute approximate surface area is 146 Å². The predicted molar refractivity (Wildman–Crippen MR) is 94.7 cm³/mol. The van der Waals surface area contributed by atoms with Gasteiger partial charge < -0.3 is 10.1 Å². The molecule has 0 unspecified atom stereocenters. The quantitative estimate of drug-likeness (QED) is 0.743. The first-order chi connectivity index (χ1) is 11.5. The van der Waals surface area contributed by atoms with Crippen LogP contribution in [0.15, 0.2) is 48.5 Å². The van der Waals surface area contributed by atoms with Crippen molar-refractivity contribution >= 4 is 23.3 Å². The summed E-state index contributed by atoms with van der Waals surface area (Å²) >= 11 is 5.83. The zero-order valence-corrected chi connectivity index (χ0v) is 14.3. The van der Waals surface area contributed by atoms with E-state index in [0.717, 1.165) is 12.0 Å². The third kappa shape index (κ3) is 6.05. The molecule has 24 heavy (non-hydrogen) atoms. The van der Waals surface area contributed by atoms with E-state index in [-0.39, 0.29) is 18.1 Å². The first kappa shape index (κ1) is 18.0. The molecule has 2 aromatic rings. The van der Waals surface area contributed by atoms with Gasteiger partial charge in [-0.15, -0.1) is 0 Å². The molecule has 0 aliphatic rings. The summed E-state index contributed by atoms with van der Waals surface area (Å²) in [4.78, 5) is 22.9. The van der Waals surface area contributed by atoms with Gasteiger partial charge >= 0.3 is 0 Å². The molecule has 0 aliphatic carbocycles. The van der Waals surface area contributed by atoms with E-state index in [0.29, 0.717) is 29.5 Å². The Morgan fingerprint density at radius 2 is 1.71 bits per heavy atom. The Hall–Kier alpha value is -2.33.